The summed E-state index contributed by atoms with van der Waals surface area (Å²) in [6, 6.07) is 9.66. The summed E-state index contributed by atoms with van der Waals surface area (Å²) in [7, 11) is 1.74. The van der Waals surface area contributed by atoms with Crippen LogP contribution in [0.15, 0.2) is 41.6 Å². The number of rotatable bonds is 4. The van der Waals surface area contributed by atoms with Gasteiger partial charge in [-0.3, -0.25) is 4.98 Å². The fourth-order valence-corrected chi connectivity index (χ4v) is 1.95. The summed E-state index contributed by atoms with van der Waals surface area (Å²) in [5, 5.41) is 7.88. The standard InChI is InChI=1S/C14H15ClN4/c1-10-5-11(15)7-14(6-10)19-13-4-3-12(17-8-13)9-18-16-2/h3-9,16,19H,1-2H3/b18-9+. The third-order valence-electron chi connectivity index (χ3n) is 2.44. The number of hydrogen-bond acceptors (Lipinski definition) is 4. The van der Waals surface area contributed by atoms with E-state index in [0.717, 1.165) is 22.6 Å². The monoisotopic (exact) mass is 274 g/mol. The van der Waals surface area contributed by atoms with Gasteiger partial charge in [-0.05, 0) is 42.8 Å². The molecule has 0 radical (unpaired) electrons. The summed E-state index contributed by atoms with van der Waals surface area (Å²) in [5.74, 6) is 0. The maximum atomic E-state index is 6.02. The molecule has 4 nitrogen and oxygen atoms in total. The quantitative estimate of drug-likeness (QED) is 0.664. The van der Waals surface area contributed by atoms with Crippen LogP contribution in [-0.4, -0.2) is 18.2 Å². The Bertz CT molecular complexity index is 558. The van der Waals surface area contributed by atoms with E-state index in [2.05, 4.69) is 20.8 Å². The molecule has 0 saturated heterocycles. The molecular formula is C14H15ClN4. The van der Waals surface area contributed by atoms with Crippen molar-refractivity contribution in [2.24, 2.45) is 5.10 Å². The highest BCUT2D eigenvalue weighted by Crippen LogP contribution is 2.21. The number of nitrogens with zero attached hydrogens (tertiary/aromatic N) is 2. The lowest BCUT2D eigenvalue weighted by molar-refractivity contribution is 0.906. The summed E-state index contributed by atoms with van der Waals surface area (Å²) in [6.07, 6.45) is 3.42. The first kappa shape index (κ1) is 13.4. The number of hydrazone groups is 1. The van der Waals surface area contributed by atoms with E-state index in [1.807, 2.05) is 37.3 Å². The Balaban J connectivity index is 2.12. The van der Waals surface area contributed by atoms with Gasteiger partial charge in [-0.25, -0.2) is 0 Å². The molecule has 2 rings (SSSR count). The Morgan fingerprint density at radius 1 is 1.21 bits per heavy atom. The minimum Gasteiger partial charge on any atom is -0.354 e. The zero-order valence-electron chi connectivity index (χ0n) is 10.8. The van der Waals surface area contributed by atoms with E-state index < -0.39 is 0 Å². The molecule has 0 unspecified atom stereocenters. The molecule has 0 aliphatic carbocycles. The highest BCUT2D eigenvalue weighted by atomic mass is 35.5. The molecule has 0 bridgehead atoms. The molecule has 1 aromatic heterocycles. The van der Waals surface area contributed by atoms with E-state index in [0.29, 0.717) is 5.02 Å². The molecule has 98 valence electrons. The molecular weight excluding hydrogens is 260 g/mol. The van der Waals surface area contributed by atoms with Crippen LogP contribution in [0.25, 0.3) is 0 Å². The van der Waals surface area contributed by atoms with E-state index >= 15 is 0 Å². The maximum Gasteiger partial charge on any atom is 0.0831 e. The Morgan fingerprint density at radius 3 is 2.68 bits per heavy atom. The molecule has 0 fully saturated rings. The summed E-state index contributed by atoms with van der Waals surface area (Å²) < 4.78 is 0. The molecule has 0 saturated carbocycles. The van der Waals surface area contributed by atoms with Crippen LogP contribution in [0.1, 0.15) is 11.3 Å². The van der Waals surface area contributed by atoms with E-state index in [1.54, 1.807) is 19.5 Å². The van der Waals surface area contributed by atoms with Crippen molar-refractivity contribution in [2.45, 2.75) is 6.92 Å². The number of pyridine rings is 1. The Kier molecular flexibility index (Phi) is 4.36. The van der Waals surface area contributed by atoms with Crippen molar-refractivity contribution in [3.63, 3.8) is 0 Å². The summed E-state index contributed by atoms with van der Waals surface area (Å²) in [6.45, 7) is 2.01. The molecule has 0 spiro atoms. The van der Waals surface area contributed by atoms with Gasteiger partial charge in [-0.1, -0.05) is 11.6 Å². The highest BCUT2D eigenvalue weighted by molar-refractivity contribution is 6.30. The van der Waals surface area contributed by atoms with Gasteiger partial charge in [-0.2, -0.15) is 5.10 Å². The molecule has 0 aliphatic rings. The topological polar surface area (TPSA) is 49.3 Å². The minimum absolute atomic E-state index is 0.716. The lowest BCUT2D eigenvalue weighted by Gasteiger charge is -2.07. The Hall–Kier alpha value is -2.07. The van der Waals surface area contributed by atoms with Crippen molar-refractivity contribution in [3.05, 3.63) is 52.8 Å². The molecule has 0 amide bonds. The second kappa shape index (κ2) is 6.20. The smallest absolute Gasteiger partial charge is 0.0831 e. The molecule has 0 atom stereocenters. The zero-order chi connectivity index (χ0) is 13.7. The van der Waals surface area contributed by atoms with Gasteiger partial charge in [0.05, 0.1) is 23.8 Å². The van der Waals surface area contributed by atoms with Gasteiger partial charge in [-0.15, -0.1) is 0 Å². The number of hydrogen-bond donors (Lipinski definition) is 2. The molecule has 2 aromatic rings. The first-order valence-corrected chi connectivity index (χ1v) is 6.25. The maximum absolute atomic E-state index is 6.02. The van der Waals surface area contributed by atoms with Crippen molar-refractivity contribution < 1.29 is 0 Å². The Labute approximate surface area is 117 Å². The second-order valence-electron chi connectivity index (χ2n) is 4.10. The van der Waals surface area contributed by atoms with E-state index in [9.17, 15) is 0 Å². The average Bonchev–Trinajstić information content (AvgIpc) is 2.37. The van der Waals surface area contributed by atoms with Gasteiger partial charge in [0.25, 0.3) is 0 Å². The fourth-order valence-electron chi connectivity index (χ4n) is 1.66. The molecule has 19 heavy (non-hydrogen) atoms. The number of aromatic nitrogens is 1. The number of nitrogens with one attached hydrogen (secondary N) is 2. The van der Waals surface area contributed by atoms with E-state index in [4.69, 9.17) is 11.6 Å². The van der Waals surface area contributed by atoms with E-state index in [1.165, 1.54) is 0 Å². The molecule has 1 aromatic carbocycles. The lowest BCUT2D eigenvalue weighted by atomic mass is 10.2. The van der Waals surface area contributed by atoms with Crippen LogP contribution < -0.4 is 10.7 Å². The van der Waals surface area contributed by atoms with Gasteiger partial charge in [0, 0.05) is 17.8 Å². The van der Waals surface area contributed by atoms with Crippen molar-refractivity contribution >= 4 is 29.2 Å². The van der Waals surface area contributed by atoms with Crippen LogP contribution >= 0.6 is 11.6 Å². The first-order valence-electron chi connectivity index (χ1n) is 5.87. The van der Waals surface area contributed by atoms with Crippen molar-refractivity contribution in [1.82, 2.24) is 10.4 Å². The third-order valence-corrected chi connectivity index (χ3v) is 2.66. The van der Waals surface area contributed by atoms with E-state index in [-0.39, 0.29) is 0 Å². The summed E-state index contributed by atoms with van der Waals surface area (Å²) >= 11 is 6.02. The summed E-state index contributed by atoms with van der Waals surface area (Å²) in [5.41, 5.74) is 6.44. The van der Waals surface area contributed by atoms with Crippen LogP contribution in [0, 0.1) is 6.92 Å². The summed E-state index contributed by atoms with van der Waals surface area (Å²) in [4.78, 5) is 4.27. The molecule has 1 heterocycles. The van der Waals surface area contributed by atoms with Crippen LogP contribution in [0.2, 0.25) is 5.02 Å². The van der Waals surface area contributed by atoms with Gasteiger partial charge in [0.1, 0.15) is 0 Å². The van der Waals surface area contributed by atoms with Gasteiger partial charge >= 0.3 is 0 Å². The Morgan fingerprint density at radius 2 is 2.05 bits per heavy atom. The SMILES string of the molecule is CN/N=C/c1ccc(Nc2cc(C)cc(Cl)c2)cn1. The number of benzene rings is 1. The highest BCUT2D eigenvalue weighted by Gasteiger charge is 1.99. The van der Waals surface area contributed by atoms with Gasteiger partial charge < -0.3 is 10.7 Å². The predicted molar refractivity (Wildman–Crippen MR) is 80.4 cm³/mol. The van der Waals surface area contributed by atoms with Crippen LogP contribution in [0.5, 0.6) is 0 Å². The van der Waals surface area contributed by atoms with Crippen molar-refractivity contribution in [3.8, 4) is 0 Å². The van der Waals surface area contributed by atoms with Crippen LogP contribution in [0.3, 0.4) is 0 Å². The molecule has 5 heteroatoms. The zero-order valence-corrected chi connectivity index (χ0v) is 11.6. The van der Waals surface area contributed by atoms with Crippen molar-refractivity contribution in [1.29, 1.82) is 0 Å². The predicted octanol–water partition coefficient (Wildman–Crippen LogP) is 3.34. The van der Waals surface area contributed by atoms with Gasteiger partial charge in [0.2, 0.25) is 0 Å². The van der Waals surface area contributed by atoms with Crippen LogP contribution in [-0.2, 0) is 0 Å². The van der Waals surface area contributed by atoms with Crippen molar-refractivity contribution in [2.75, 3.05) is 12.4 Å². The largest absolute Gasteiger partial charge is 0.354 e. The molecule has 2 N–H and O–H groups in total. The van der Waals surface area contributed by atoms with Crippen LogP contribution in [0.4, 0.5) is 11.4 Å². The average molecular weight is 275 g/mol. The lowest BCUT2D eigenvalue weighted by Crippen LogP contribution is -1.97. The number of aryl methyl sites for hydroxylation is 1. The van der Waals surface area contributed by atoms with Gasteiger partial charge in [0.15, 0.2) is 0 Å². The minimum atomic E-state index is 0.716. The fraction of sp³-hybridized carbons (Fsp3) is 0.143. The third kappa shape index (κ3) is 3.96. The molecule has 0 aliphatic heterocycles. The second-order valence-corrected chi connectivity index (χ2v) is 4.53. The normalized spacial score (nSPS) is 10.7. The number of anilines is 2. The first-order chi connectivity index (χ1) is 9.17. The number of halogens is 1.